The molecule has 0 aliphatic heterocycles. The van der Waals surface area contributed by atoms with Gasteiger partial charge >= 0.3 is 0 Å². The Labute approximate surface area is 71.8 Å². The maximum atomic E-state index is 9.36. The van der Waals surface area contributed by atoms with Gasteiger partial charge in [-0.2, -0.15) is 5.10 Å². The second-order valence-corrected chi connectivity index (χ2v) is 2.76. The Morgan fingerprint density at radius 1 is 1.75 bits per heavy atom. The van der Waals surface area contributed by atoms with Gasteiger partial charge in [-0.05, 0) is 13.0 Å². The van der Waals surface area contributed by atoms with Crippen molar-refractivity contribution in [2.24, 2.45) is 0 Å². The molecule has 0 unspecified atom stereocenters. The highest BCUT2D eigenvalue weighted by atomic mass is 16.5. The zero-order valence-corrected chi connectivity index (χ0v) is 7.40. The first-order valence-corrected chi connectivity index (χ1v) is 3.89. The molecule has 0 spiro atoms. The van der Waals surface area contributed by atoms with E-state index in [1.54, 1.807) is 18.0 Å². The minimum atomic E-state index is -0.478. The lowest BCUT2D eigenvalue weighted by atomic mass is 10.3. The average Bonchev–Trinajstić information content (AvgIpc) is 2.37. The summed E-state index contributed by atoms with van der Waals surface area (Å²) >= 11 is 0. The van der Waals surface area contributed by atoms with E-state index in [-0.39, 0.29) is 0 Å². The molecule has 0 saturated carbocycles. The monoisotopic (exact) mass is 170 g/mol. The number of methoxy groups -OCH3 is 1. The minimum absolute atomic E-state index is 0.347. The molecule has 0 saturated heterocycles. The van der Waals surface area contributed by atoms with Crippen LogP contribution in [0.25, 0.3) is 0 Å². The zero-order chi connectivity index (χ0) is 8.97. The fourth-order valence-corrected chi connectivity index (χ4v) is 1.03. The topological polar surface area (TPSA) is 47.3 Å². The SMILES string of the molecule is COC[C@H](O)Cn1nccc1C. The Kier molecular flexibility index (Phi) is 3.25. The van der Waals surface area contributed by atoms with Crippen molar-refractivity contribution in [3.8, 4) is 0 Å². The van der Waals surface area contributed by atoms with Crippen LogP contribution in [0.3, 0.4) is 0 Å². The highest BCUT2D eigenvalue weighted by Gasteiger charge is 2.05. The summed E-state index contributed by atoms with van der Waals surface area (Å²) in [5.41, 5.74) is 1.05. The Balaban J connectivity index is 2.46. The van der Waals surface area contributed by atoms with Crippen LogP contribution in [0.4, 0.5) is 0 Å². The van der Waals surface area contributed by atoms with Gasteiger partial charge in [-0.3, -0.25) is 4.68 Å². The third kappa shape index (κ3) is 2.32. The van der Waals surface area contributed by atoms with Crippen LogP contribution in [0.15, 0.2) is 12.3 Å². The molecule has 4 nitrogen and oxygen atoms in total. The number of hydrogen-bond acceptors (Lipinski definition) is 3. The highest BCUT2D eigenvalue weighted by Crippen LogP contribution is 1.98. The molecular weight excluding hydrogens is 156 g/mol. The normalized spacial score (nSPS) is 13.2. The van der Waals surface area contributed by atoms with E-state index in [2.05, 4.69) is 5.10 Å². The summed E-state index contributed by atoms with van der Waals surface area (Å²) in [6, 6.07) is 1.90. The van der Waals surface area contributed by atoms with Crippen molar-refractivity contribution in [1.82, 2.24) is 9.78 Å². The summed E-state index contributed by atoms with van der Waals surface area (Å²) < 4.78 is 6.55. The van der Waals surface area contributed by atoms with Gasteiger partial charge in [-0.1, -0.05) is 0 Å². The van der Waals surface area contributed by atoms with Gasteiger partial charge in [0.15, 0.2) is 0 Å². The first-order chi connectivity index (χ1) is 5.74. The van der Waals surface area contributed by atoms with E-state index in [0.29, 0.717) is 13.2 Å². The van der Waals surface area contributed by atoms with Gasteiger partial charge in [0.2, 0.25) is 0 Å². The smallest absolute Gasteiger partial charge is 0.0968 e. The molecule has 0 amide bonds. The minimum Gasteiger partial charge on any atom is -0.389 e. The standard InChI is InChI=1S/C8H14N2O2/c1-7-3-4-9-10(7)5-8(11)6-12-2/h3-4,8,11H,5-6H2,1-2H3/t8-/m1/s1. The van der Waals surface area contributed by atoms with E-state index >= 15 is 0 Å². The summed E-state index contributed by atoms with van der Waals surface area (Å²) in [6.07, 6.45) is 1.24. The average molecular weight is 170 g/mol. The fraction of sp³-hybridized carbons (Fsp3) is 0.625. The second kappa shape index (κ2) is 4.23. The van der Waals surface area contributed by atoms with Gasteiger partial charge in [0, 0.05) is 19.0 Å². The van der Waals surface area contributed by atoms with Crippen molar-refractivity contribution in [3.05, 3.63) is 18.0 Å². The van der Waals surface area contributed by atoms with E-state index in [1.807, 2.05) is 13.0 Å². The van der Waals surface area contributed by atoms with E-state index in [1.165, 1.54) is 0 Å². The lowest BCUT2D eigenvalue weighted by Gasteiger charge is -2.10. The molecule has 1 aromatic heterocycles. The number of aliphatic hydroxyl groups excluding tert-OH is 1. The number of hydrogen-bond donors (Lipinski definition) is 1. The molecule has 1 heterocycles. The molecule has 0 radical (unpaired) electrons. The molecule has 0 bridgehead atoms. The molecular formula is C8H14N2O2. The summed E-state index contributed by atoms with van der Waals surface area (Å²) in [5.74, 6) is 0. The fourth-order valence-electron chi connectivity index (χ4n) is 1.03. The molecule has 0 aromatic carbocycles. The summed E-state index contributed by atoms with van der Waals surface area (Å²) in [5, 5.41) is 13.4. The van der Waals surface area contributed by atoms with Crippen LogP contribution in [-0.2, 0) is 11.3 Å². The quantitative estimate of drug-likeness (QED) is 0.702. The molecule has 68 valence electrons. The van der Waals surface area contributed by atoms with E-state index in [0.717, 1.165) is 5.69 Å². The maximum absolute atomic E-state index is 9.36. The van der Waals surface area contributed by atoms with Crippen LogP contribution in [0, 0.1) is 6.92 Å². The zero-order valence-electron chi connectivity index (χ0n) is 7.40. The predicted molar refractivity (Wildman–Crippen MR) is 44.8 cm³/mol. The van der Waals surface area contributed by atoms with Gasteiger partial charge in [0.1, 0.15) is 0 Å². The molecule has 1 aromatic rings. The Morgan fingerprint density at radius 3 is 3.00 bits per heavy atom. The van der Waals surface area contributed by atoms with Gasteiger partial charge in [0.25, 0.3) is 0 Å². The van der Waals surface area contributed by atoms with Crippen molar-refractivity contribution in [3.63, 3.8) is 0 Å². The molecule has 1 atom stereocenters. The van der Waals surface area contributed by atoms with E-state index in [9.17, 15) is 5.11 Å². The summed E-state index contributed by atoms with van der Waals surface area (Å²) in [4.78, 5) is 0. The Bertz CT molecular complexity index is 235. The third-order valence-corrected chi connectivity index (χ3v) is 1.67. The summed E-state index contributed by atoms with van der Waals surface area (Å²) in [7, 11) is 1.57. The number of aromatic nitrogens is 2. The van der Waals surface area contributed by atoms with Crippen LogP contribution >= 0.6 is 0 Å². The van der Waals surface area contributed by atoms with Gasteiger partial charge in [-0.25, -0.2) is 0 Å². The first-order valence-electron chi connectivity index (χ1n) is 3.89. The Morgan fingerprint density at radius 2 is 2.50 bits per heavy atom. The molecule has 0 aliphatic rings. The van der Waals surface area contributed by atoms with Crippen LogP contribution in [-0.4, -0.2) is 34.7 Å². The van der Waals surface area contributed by atoms with Crippen LogP contribution in [0.2, 0.25) is 0 Å². The molecule has 0 aliphatic carbocycles. The van der Waals surface area contributed by atoms with Crippen LogP contribution in [0.5, 0.6) is 0 Å². The summed E-state index contributed by atoms with van der Waals surface area (Å²) in [6.45, 7) is 2.79. The molecule has 12 heavy (non-hydrogen) atoms. The van der Waals surface area contributed by atoms with Crippen LogP contribution < -0.4 is 0 Å². The molecule has 1 N–H and O–H groups in total. The first kappa shape index (κ1) is 9.22. The molecule has 1 rings (SSSR count). The highest BCUT2D eigenvalue weighted by molar-refractivity contribution is 4.96. The largest absolute Gasteiger partial charge is 0.389 e. The van der Waals surface area contributed by atoms with Crippen molar-refractivity contribution < 1.29 is 9.84 Å². The molecule has 4 heteroatoms. The van der Waals surface area contributed by atoms with Crippen molar-refractivity contribution in [2.75, 3.05) is 13.7 Å². The molecule has 0 fully saturated rings. The second-order valence-electron chi connectivity index (χ2n) is 2.76. The number of rotatable bonds is 4. The number of aliphatic hydroxyl groups is 1. The van der Waals surface area contributed by atoms with Crippen molar-refractivity contribution in [2.45, 2.75) is 19.6 Å². The van der Waals surface area contributed by atoms with Gasteiger partial charge in [-0.15, -0.1) is 0 Å². The van der Waals surface area contributed by atoms with E-state index in [4.69, 9.17) is 4.74 Å². The Hall–Kier alpha value is -0.870. The number of aryl methyl sites for hydroxylation is 1. The number of nitrogens with zero attached hydrogens (tertiary/aromatic N) is 2. The predicted octanol–water partition coefficient (Wildman–Crippen LogP) is 0.199. The van der Waals surface area contributed by atoms with Gasteiger partial charge < -0.3 is 9.84 Å². The maximum Gasteiger partial charge on any atom is 0.0968 e. The van der Waals surface area contributed by atoms with Crippen molar-refractivity contribution >= 4 is 0 Å². The van der Waals surface area contributed by atoms with Crippen LogP contribution in [0.1, 0.15) is 5.69 Å². The lowest BCUT2D eigenvalue weighted by molar-refractivity contribution is 0.0510. The third-order valence-electron chi connectivity index (χ3n) is 1.67. The number of ether oxygens (including phenoxy) is 1. The lowest BCUT2D eigenvalue weighted by Crippen LogP contribution is -2.22. The van der Waals surface area contributed by atoms with Crippen molar-refractivity contribution in [1.29, 1.82) is 0 Å². The van der Waals surface area contributed by atoms with Gasteiger partial charge in [0.05, 0.1) is 19.3 Å². The van der Waals surface area contributed by atoms with E-state index < -0.39 is 6.10 Å².